The molecule has 0 radical (unpaired) electrons. The van der Waals surface area contributed by atoms with Gasteiger partial charge in [0.1, 0.15) is 0 Å². The third-order valence-corrected chi connectivity index (χ3v) is 3.54. The van der Waals surface area contributed by atoms with E-state index in [-0.39, 0.29) is 24.0 Å². The average molecular weight is 388 g/mol. The maximum Gasteiger partial charge on any atom is 0.191 e. The monoisotopic (exact) mass is 388 g/mol. The lowest BCUT2D eigenvalue weighted by molar-refractivity contribution is 0.763. The molecule has 0 aliphatic heterocycles. The van der Waals surface area contributed by atoms with Crippen molar-refractivity contribution in [1.29, 1.82) is 0 Å². The smallest absolute Gasteiger partial charge is 0.191 e. The first-order chi connectivity index (χ1) is 9.10. The molecule has 1 saturated carbocycles. The van der Waals surface area contributed by atoms with Crippen molar-refractivity contribution in [1.82, 2.24) is 10.6 Å². The standard InChI is InChI=1S/C15H24N4.HI/c1-11-8-14(11)18-15(16-2)17-10-12-6-5-7-13(9-12)19(3)4;/h5-7,9,11,14H,8,10H2,1-4H3,(H2,16,17,18);1H. The summed E-state index contributed by atoms with van der Waals surface area (Å²) >= 11 is 0. The Kier molecular flexibility index (Phi) is 6.58. The predicted molar refractivity (Wildman–Crippen MR) is 97.1 cm³/mol. The molecule has 2 N–H and O–H groups in total. The van der Waals surface area contributed by atoms with Crippen molar-refractivity contribution in [2.75, 3.05) is 26.0 Å². The van der Waals surface area contributed by atoms with Crippen LogP contribution in [-0.2, 0) is 6.54 Å². The number of halogens is 1. The molecular formula is C15H25IN4. The van der Waals surface area contributed by atoms with Crippen LogP contribution < -0.4 is 15.5 Å². The van der Waals surface area contributed by atoms with Crippen molar-refractivity contribution >= 4 is 35.6 Å². The molecular weight excluding hydrogens is 363 g/mol. The number of aliphatic imine (C=N–C) groups is 1. The van der Waals surface area contributed by atoms with Crippen molar-refractivity contribution in [2.45, 2.75) is 25.9 Å². The Morgan fingerprint density at radius 1 is 1.40 bits per heavy atom. The van der Waals surface area contributed by atoms with Crippen LogP contribution in [0.3, 0.4) is 0 Å². The molecule has 20 heavy (non-hydrogen) atoms. The van der Waals surface area contributed by atoms with Crippen LogP contribution in [0.2, 0.25) is 0 Å². The van der Waals surface area contributed by atoms with E-state index in [1.807, 2.05) is 7.05 Å². The number of rotatable bonds is 4. The molecule has 5 heteroatoms. The van der Waals surface area contributed by atoms with Gasteiger partial charge in [0, 0.05) is 39.4 Å². The summed E-state index contributed by atoms with van der Waals surface area (Å²) < 4.78 is 0. The summed E-state index contributed by atoms with van der Waals surface area (Å²) in [5.41, 5.74) is 2.48. The van der Waals surface area contributed by atoms with Gasteiger partial charge in [-0.25, -0.2) is 0 Å². The Balaban J connectivity index is 0.00000200. The molecule has 0 saturated heterocycles. The van der Waals surface area contributed by atoms with E-state index in [1.54, 1.807) is 0 Å². The van der Waals surface area contributed by atoms with Crippen molar-refractivity contribution in [3.05, 3.63) is 29.8 Å². The molecule has 2 atom stereocenters. The molecule has 0 spiro atoms. The van der Waals surface area contributed by atoms with Crippen LogP contribution in [0.4, 0.5) is 5.69 Å². The first-order valence-corrected chi connectivity index (χ1v) is 6.83. The van der Waals surface area contributed by atoms with E-state index in [9.17, 15) is 0 Å². The molecule has 4 nitrogen and oxygen atoms in total. The van der Waals surface area contributed by atoms with Gasteiger partial charge in [0.25, 0.3) is 0 Å². The van der Waals surface area contributed by atoms with E-state index in [2.05, 4.69) is 65.8 Å². The minimum absolute atomic E-state index is 0. The first-order valence-electron chi connectivity index (χ1n) is 6.83. The summed E-state index contributed by atoms with van der Waals surface area (Å²) in [4.78, 5) is 6.37. The number of nitrogens with zero attached hydrogens (tertiary/aromatic N) is 2. The second-order valence-corrected chi connectivity index (χ2v) is 5.45. The van der Waals surface area contributed by atoms with Gasteiger partial charge in [-0.2, -0.15) is 0 Å². The molecule has 112 valence electrons. The Bertz CT molecular complexity index is 459. The van der Waals surface area contributed by atoms with Gasteiger partial charge in [0.2, 0.25) is 0 Å². The molecule has 2 rings (SSSR count). The SMILES string of the molecule is CN=C(NCc1cccc(N(C)C)c1)NC1CC1C.I. The second-order valence-electron chi connectivity index (χ2n) is 5.45. The lowest BCUT2D eigenvalue weighted by Gasteiger charge is -2.15. The number of hydrogen-bond donors (Lipinski definition) is 2. The number of benzene rings is 1. The van der Waals surface area contributed by atoms with Crippen molar-refractivity contribution in [3.63, 3.8) is 0 Å². The van der Waals surface area contributed by atoms with E-state index in [0.717, 1.165) is 18.4 Å². The number of anilines is 1. The fraction of sp³-hybridized carbons (Fsp3) is 0.533. The van der Waals surface area contributed by atoms with E-state index < -0.39 is 0 Å². The zero-order valence-corrected chi connectivity index (χ0v) is 15.0. The van der Waals surface area contributed by atoms with E-state index in [1.165, 1.54) is 17.7 Å². The van der Waals surface area contributed by atoms with Crippen LogP contribution in [0.1, 0.15) is 18.9 Å². The quantitative estimate of drug-likeness (QED) is 0.473. The summed E-state index contributed by atoms with van der Waals surface area (Å²) in [6.07, 6.45) is 1.25. The van der Waals surface area contributed by atoms with Crippen LogP contribution >= 0.6 is 24.0 Å². The number of hydrogen-bond acceptors (Lipinski definition) is 2. The normalized spacial score (nSPS) is 20.9. The summed E-state index contributed by atoms with van der Waals surface area (Å²) in [7, 11) is 5.93. The molecule has 0 heterocycles. The molecule has 1 aliphatic carbocycles. The molecule has 0 aromatic heterocycles. The highest BCUT2D eigenvalue weighted by atomic mass is 127. The van der Waals surface area contributed by atoms with Gasteiger partial charge >= 0.3 is 0 Å². The number of nitrogens with one attached hydrogen (secondary N) is 2. The van der Waals surface area contributed by atoms with Crippen LogP contribution in [0, 0.1) is 5.92 Å². The molecule has 0 bridgehead atoms. The molecule has 1 aromatic rings. The summed E-state index contributed by atoms with van der Waals surface area (Å²) in [5, 5.41) is 6.79. The Morgan fingerprint density at radius 2 is 2.10 bits per heavy atom. The summed E-state index contributed by atoms with van der Waals surface area (Å²) in [5.74, 6) is 1.67. The fourth-order valence-electron chi connectivity index (χ4n) is 2.02. The van der Waals surface area contributed by atoms with Crippen LogP contribution in [0.15, 0.2) is 29.3 Å². The zero-order valence-electron chi connectivity index (χ0n) is 12.7. The van der Waals surface area contributed by atoms with Gasteiger partial charge in [-0.05, 0) is 30.0 Å². The highest BCUT2D eigenvalue weighted by Gasteiger charge is 2.33. The van der Waals surface area contributed by atoms with Crippen LogP contribution in [0.5, 0.6) is 0 Å². The Morgan fingerprint density at radius 3 is 2.65 bits per heavy atom. The maximum absolute atomic E-state index is 4.26. The van der Waals surface area contributed by atoms with Gasteiger partial charge in [0.15, 0.2) is 5.96 Å². The van der Waals surface area contributed by atoms with E-state index >= 15 is 0 Å². The molecule has 0 amide bonds. The molecule has 2 unspecified atom stereocenters. The molecule has 1 aliphatic rings. The highest BCUT2D eigenvalue weighted by Crippen LogP contribution is 2.28. The largest absolute Gasteiger partial charge is 0.378 e. The van der Waals surface area contributed by atoms with Gasteiger partial charge in [0.05, 0.1) is 0 Å². The van der Waals surface area contributed by atoms with Crippen molar-refractivity contribution in [2.24, 2.45) is 10.9 Å². The minimum atomic E-state index is 0. The third kappa shape index (κ3) is 4.85. The highest BCUT2D eigenvalue weighted by molar-refractivity contribution is 14.0. The van der Waals surface area contributed by atoms with Gasteiger partial charge in [-0.15, -0.1) is 24.0 Å². The van der Waals surface area contributed by atoms with E-state index in [0.29, 0.717) is 6.04 Å². The van der Waals surface area contributed by atoms with Crippen molar-refractivity contribution < 1.29 is 0 Å². The van der Waals surface area contributed by atoms with E-state index in [4.69, 9.17) is 0 Å². The first kappa shape index (κ1) is 17.1. The fourth-order valence-corrected chi connectivity index (χ4v) is 2.02. The second kappa shape index (κ2) is 7.71. The minimum Gasteiger partial charge on any atom is -0.378 e. The molecule has 1 aromatic carbocycles. The summed E-state index contributed by atoms with van der Waals surface area (Å²) in [6, 6.07) is 9.13. The van der Waals surface area contributed by atoms with Gasteiger partial charge < -0.3 is 15.5 Å². The number of guanidine groups is 1. The van der Waals surface area contributed by atoms with Gasteiger partial charge in [-0.3, -0.25) is 4.99 Å². The van der Waals surface area contributed by atoms with Crippen LogP contribution in [0.25, 0.3) is 0 Å². The average Bonchev–Trinajstić information content (AvgIpc) is 3.10. The topological polar surface area (TPSA) is 39.7 Å². The lowest BCUT2D eigenvalue weighted by Crippen LogP contribution is -2.38. The lowest BCUT2D eigenvalue weighted by atomic mass is 10.2. The van der Waals surface area contributed by atoms with Crippen LogP contribution in [-0.4, -0.2) is 33.1 Å². The van der Waals surface area contributed by atoms with Crippen molar-refractivity contribution in [3.8, 4) is 0 Å². The maximum atomic E-state index is 4.26. The van der Waals surface area contributed by atoms with Gasteiger partial charge in [-0.1, -0.05) is 19.1 Å². The molecule has 1 fully saturated rings. The predicted octanol–water partition coefficient (Wildman–Crippen LogP) is 2.44. The summed E-state index contributed by atoms with van der Waals surface area (Å²) in [6.45, 7) is 3.05. The Hall–Kier alpha value is -0.980. The zero-order chi connectivity index (χ0) is 13.8. The Labute approximate surface area is 139 Å². The third-order valence-electron chi connectivity index (χ3n) is 3.54.